The number of ether oxygens (including phenoxy) is 2. The number of esters is 1. The maximum atomic E-state index is 12.7. The van der Waals surface area contributed by atoms with Gasteiger partial charge in [0.1, 0.15) is 16.3 Å². The molecule has 2 aromatic rings. The average Bonchev–Trinajstić information content (AvgIpc) is 3.08. The lowest BCUT2D eigenvalue weighted by atomic mass is 9.75. The zero-order valence-corrected chi connectivity index (χ0v) is 20.3. The summed E-state index contributed by atoms with van der Waals surface area (Å²) in [7, 11) is 0. The van der Waals surface area contributed by atoms with Crippen LogP contribution in [0.25, 0.3) is 0 Å². The second-order valence-corrected chi connectivity index (χ2v) is 7.98. The first-order valence-corrected chi connectivity index (χ1v) is 11.7. The number of halogens is 2. The predicted molar refractivity (Wildman–Crippen MR) is 124 cm³/mol. The molecule has 0 bridgehead atoms. The third-order valence-corrected chi connectivity index (χ3v) is 6.36. The van der Waals surface area contributed by atoms with Crippen molar-refractivity contribution in [2.45, 2.75) is 38.1 Å². The van der Waals surface area contributed by atoms with Crippen LogP contribution in [0.5, 0.6) is 5.75 Å². The van der Waals surface area contributed by atoms with Crippen molar-refractivity contribution >= 4 is 43.6 Å². The Balaban J connectivity index is 0.000000606. The number of carbonyl (C=O) groups is 2. The molecule has 0 amide bonds. The zero-order chi connectivity index (χ0) is 22.1. The van der Waals surface area contributed by atoms with Crippen molar-refractivity contribution < 1.29 is 19.1 Å². The van der Waals surface area contributed by atoms with Crippen molar-refractivity contribution in [3.8, 4) is 5.75 Å². The van der Waals surface area contributed by atoms with E-state index in [0.717, 1.165) is 15.6 Å². The van der Waals surface area contributed by atoms with E-state index in [0.29, 0.717) is 22.6 Å². The first-order chi connectivity index (χ1) is 14.5. The highest BCUT2D eigenvalue weighted by molar-refractivity contribution is 9.10. The van der Waals surface area contributed by atoms with E-state index in [-0.39, 0.29) is 5.78 Å². The van der Waals surface area contributed by atoms with Crippen molar-refractivity contribution in [1.29, 1.82) is 0 Å². The largest absolute Gasteiger partial charge is 0.458 e. The van der Waals surface area contributed by atoms with E-state index in [2.05, 4.69) is 31.9 Å². The molecule has 5 rings (SSSR count). The normalized spacial score (nSPS) is 22.5. The van der Waals surface area contributed by atoms with Gasteiger partial charge in [0.2, 0.25) is 0 Å². The number of carbonyl (C=O) groups excluding carboxylic acids is 2. The second-order valence-electron chi connectivity index (χ2n) is 6.21. The molecule has 4 nitrogen and oxygen atoms in total. The van der Waals surface area contributed by atoms with Crippen molar-refractivity contribution in [3.05, 3.63) is 87.1 Å². The standard InChI is InChI=1S/C20H10Br2O4.2C2H6/c21-14-7-3-6-12-17(14)25-18-13(8-9-15(23)16(18)22)20(12)11-5-2-1-4-10(11)19(24)26-20;2*1-2/h1-9,16H;2*1-2H3. The van der Waals surface area contributed by atoms with Crippen molar-refractivity contribution in [3.63, 3.8) is 0 Å². The molecule has 2 unspecified atom stereocenters. The van der Waals surface area contributed by atoms with Gasteiger partial charge in [-0.2, -0.15) is 0 Å². The molecule has 0 radical (unpaired) electrons. The molecule has 0 N–H and O–H groups in total. The molecule has 1 aliphatic carbocycles. The van der Waals surface area contributed by atoms with Gasteiger partial charge in [-0.15, -0.1) is 0 Å². The molecule has 0 saturated carbocycles. The maximum Gasteiger partial charge on any atom is 0.340 e. The number of benzene rings is 2. The average molecular weight is 534 g/mol. The molecule has 3 aliphatic rings. The Morgan fingerprint density at radius 2 is 1.57 bits per heavy atom. The van der Waals surface area contributed by atoms with Gasteiger partial charge in [-0.3, -0.25) is 4.79 Å². The number of fused-ring (bicyclic) bond motifs is 5. The van der Waals surface area contributed by atoms with Crippen molar-refractivity contribution in [2.75, 3.05) is 0 Å². The summed E-state index contributed by atoms with van der Waals surface area (Å²) in [6.07, 6.45) is 3.18. The topological polar surface area (TPSA) is 52.6 Å². The summed E-state index contributed by atoms with van der Waals surface area (Å²) in [5.41, 5.74) is 1.51. The monoisotopic (exact) mass is 532 g/mol. The van der Waals surface area contributed by atoms with Gasteiger partial charge >= 0.3 is 5.97 Å². The molecule has 156 valence electrons. The maximum absolute atomic E-state index is 12.7. The number of allylic oxidation sites excluding steroid dienone is 2. The van der Waals surface area contributed by atoms with E-state index in [1.807, 2.05) is 64.1 Å². The van der Waals surface area contributed by atoms with Gasteiger partial charge in [0.15, 0.2) is 11.4 Å². The third-order valence-electron chi connectivity index (χ3n) is 4.87. The Labute approximate surface area is 193 Å². The van der Waals surface area contributed by atoms with Crippen LogP contribution in [0.4, 0.5) is 0 Å². The van der Waals surface area contributed by atoms with E-state index >= 15 is 0 Å². The molecular weight excluding hydrogens is 512 g/mol. The van der Waals surface area contributed by atoms with Gasteiger partial charge in [-0.25, -0.2) is 4.79 Å². The third kappa shape index (κ3) is 3.17. The van der Waals surface area contributed by atoms with Gasteiger partial charge in [0.05, 0.1) is 10.0 Å². The summed E-state index contributed by atoms with van der Waals surface area (Å²) >= 11 is 6.93. The van der Waals surface area contributed by atoms with E-state index < -0.39 is 16.4 Å². The Kier molecular flexibility index (Phi) is 6.68. The quantitative estimate of drug-likeness (QED) is 0.288. The fourth-order valence-corrected chi connectivity index (χ4v) is 4.70. The van der Waals surface area contributed by atoms with Crippen LogP contribution in [-0.4, -0.2) is 16.6 Å². The van der Waals surface area contributed by atoms with Gasteiger partial charge in [0.25, 0.3) is 0 Å². The second kappa shape index (κ2) is 8.90. The first-order valence-electron chi connectivity index (χ1n) is 9.94. The van der Waals surface area contributed by atoms with Crippen LogP contribution in [0.2, 0.25) is 0 Å². The van der Waals surface area contributed by atoms with E-state index in [4.69, 9.17) is 9.47 Å². The van der Waals surface area contributed by atoms with Gasteiger partial charge in [-0.05, 0) is 40.2 Å². The number of hydrogen-bond acceptors (Lipinski definition) is 4. The summed E-state index contributed by atoms with van der Waals surface area (Å²) in [5, 5.41) is 0. The molecule has 0 saturated heterocycles. The summed E-state index contributed by atoms with van der Waals surface area (Å²) < 4.78 is 12.8. The highest BCUT2D eigenvalue weighted by Crippen LogP contribution is 2.56. The highest BCUT2D eigenvalue weighted by Gasteiger charge is 2.55. The number of ketones is 1. The Bertz CT molecular complexity index is 1070. The molecule has 2 aromatic carbocycles. The Hall–Kier alpha value is -2.18. The van der Waals surface area contributed by atoms with E-state index in [1.54, 1.807) is 12.1 Å². The van der Waals surface area contributed by atoms with Gasteiger partial charge in [0, 0.05) is 16.7 Å². The lowest BCUT2D eigenvalue weighted by Gasteiger charge is -2.39. The summed E-state index contributed by atoms with van der Waals surface area (Å²) in [4.78, 5) is 24.2. The molecular formula is C24H22Br2O4. The van der Waals surface area contributed by atoms with Crippen LogP contribution < -0.4 is 4.74 Å². The highest BCUT2D eigenvalue weighted by atomic mass is 79.9. The van der Waals surface area contributed by atoms with Crippen LogP contribution in [0.1, 0.15) is 49.2 Å². The van der Waals surface area contributed by atoms with E-state index in [9.17, 15) is 9.59 Å². The Morgan fingerprint density at radius 1 is 0.900 bits per heavy atom. The molecule has 1 spiro atoms. The lowest BCUT2D eigenvalue weighted by molar-refractivity contribution is -0.114. The van der Waals surface area contributed by atoms with Crippen LogP contribution in [-0.2, 0) is 15.1 Å². The summed E-state index contributed by atoms with van der Waals surface area (Å²) in [6, 6.07) is 12.9. The molecule has 30 heavy (non-hydrogen) atoms. The minimum absolute atomic E-state index is 0.119. The number of rotatable bonds is 0. The summed E-state index contributed by atoms with van der Waals surface area (Å²) in [5.74, 6) is 0.480. The molecule has 2 aliphatic heterocycles. The number of alkyl halides is 1. The predicted octanol–water partition coefficient (Wildman–Crippen LogP) is 6.46. The number of para-hydroxylation sites is 1. The first kappa shape index (κ1) is 22.5. The van der Waals surface area contributed by atoms with Crippen LogP contribution in [0.15, 0.2) is 70.4 Å². The van der Waals surface area contributed by atoms with Crippen molar-refractivity contribution in [1.82, 2.24) is 0 Å². The lowest BCUT2D eigenvalue weighted by Crippen LogP contribution is -2.39. The smallest absolute Gasteiger partial charge is 0.340 e. The minimum atomic E-state index is -1.14. The minimum Gasteiger partial charge on any atom is -0.458 e. The van der Waals surface area contributed by atoms with Gasteiger partial charge < -0.3 is 9.47 Å². The zero-order valence-electron chi connectivity index (χ0n) is 17.2. The van der Waals surface area contributed by atoms with Crippen molar-refractivity contribution in [2.24, 2.45) is 0 Å². The van der Waals surface area contributed by atoms with Crippen LogP contribution >= 0.6 is 31.9 Å². The molecule has 2 atom stereocenters. The van der Waals surface area contributed by atoms with Crippen LogP contribution in [0.3, 0.4) is 0 Å². The molecule has 6 heteroatoms. The van der Waals surface area contributed by atoms with E-state index in [1.165, 1.54) is 6.08 Å². The molecule has 2 heterocycles. The number of hydrogen-bond donors (Lipinski definition) is 0. The molecule has 0 fully saturated rings. The fraction of sp³-hybridized carbons (Fsp3) is 0.250. The molecule has 0 aromatic heterocycles. The summed E-state index contributed by atoms with van der Waals surface area (Å²) in [6.45, 7) is 8.00. The van der Waals surface area contributed by atoms with Gasteiger partial charge in [-0.1, -0.05) is 74.0 Å². The Morgan fingerprint density at radius 3 is 2.30 bits per heavy atom. The SMILES string of the molecule is CC.CC.O=C1OC2(C3=C(Oc4c(Br)cccc42)C(Br)C(=O)C=C3)c2ccccc21. The fourth-order valence-electron chi connectivity index (χ4n) is 3.76. The van der Waals surface area contributed by atoms with Crippen LogP contribution in [0, 0.1) is 0 Å².